The first kappa shape index (κ1) is 14.4. The Bertz CT molecular complexity index is 396. The first-order valence-corrected chi connectivity index (χ1v) is 5.66. The van der Waals surface area contributed by atoms with E-state index in [1.165, 1.54) is 0 Å². The van der Waals surface area contributed by atoms with Gasteiger partial charge in [0, 0.05) is 24.4 Å². The van der Waals surface area contributed by atoms with Gasteiger partial charge < -0.3 is 19.9 Å². The van der Waals surface area contributed by atoms with Crippen LogP contribution in [0, 0.1) is 12.3 Å². The van der Waals surface area contributed by atoms with Gasteiger partial charge in [-0.05, 0) is 13.0 Å². The van der Waals surface area contributed by atoms with Gasteiger partial charge in [-0.2, -0.15) is 0 Å². The number of amidine groups is 1. The summed E-state index contributed by atoms with van der Waals surface area (Å²) in [6.45, 7) is 3.80. The fraction of sp³-hybridized carbons (Fsp3) is 0.500. The van der Waals surface area contributed by atoms with E-state index in [1.54, 1.807) is 19.2 Å². The zero-order valence-electron chi connectivity index (χ0n) is 10.7. The van der Waals surface area contributed by atoms with E-state index in [-0.39, 0.29) is 5.84 Å². The van der Waals surface area contributed by atoms with Gasteiger partial charge in [0.1, 0.15) is 12.4 Å². The SMILES string of the molecule is COCCOCCOc1cc(C(=N)N)cc(C)n1. The Kier molecular flexibility index (Phi) is 6.10. The molecule has 0 atom stereocenters. The highest BCUT2D eigenvalue weighted by molar-refractivity contribution is 5.95. The summed E-state index contributed by atoms with van der Waals surface area (Å²) >= 11 is 0. The van der Waals surface area contributed by atoms with Crippen LogP contribution in [0.3, 0.4) is 0 Å². The summed E-state index contributed by atoms with van der Waals surface area (Å²) in [5.74, 6) is 0.456. The number of nitrogens with zero attached hydrogens (tertiary/aromatic N) is 1. The van der Waals surface area contributed by atoms with E-state index < -0.39 is 0 Å². The molecule has 0 unspecified atom stereocenters. The Labute approximate surface area is 107 Å². The van der Waals surface area contributed by atoms with Gasteiger partial charge in [0.2, 0.25) is 5.88 Å². The molecule has 0 bridgehead atoms. The van der Waals surface area contributed by atoms with E-state index in [9.17, 15) is 0 Å². The van der Waals surface area contributed by atoms with E-state index in [0.29, 0.717) is 37.9 Å². The number of hydrogen-bond acceptors (Lipinski definition) is 5. The molecule has 0 saturated heterocycles. The maximum atomic E-state index is 7.37. The quantitative estimate of drug-likeness (QED) is 0.404. The summed E-state index contributed by atoms with van der Waals surface area (Å²) < 4.78 is 15.5. The summed E-state index contributed by atoms with van der Waals surface area (Å²) in [6, 6.07) is 3.38. The lowest BCUT2D eigenvalue weighted by molar-refractivity contribution is 0.0536. The second-order valence-electron chi connectivity index (χ2n) is 3.70. The van der Waals surface area contributed by atoms with Gasteiger partial charge in [-0.1, -0.05) is 0 Å². The van der Waals surface area contributed by atoms with Crippen molar-refractivity contribution >= 4 is 5.84 Å². The van der Waals surface area contributed by atoms with Crippen LogP contribution < -0.4 is 10.5 Å². The summed E-state index contributed by atoms with van der Waals surface area (Å²) in [7, 11) is 1.62. The van der Waals surface area contributed by atoms with E-state index in [1.807, 2.05) is 6.92 Å². The molecule has 6 nitrogen and oxygen atoms in total. The summed E-state index contributed by atoms with van der Waals surface area (Å²) in [5, 5.41) is 7.37. The highest BCUT2D eigenvalue weighted by Gasteiger charge is 2.03. The number of aryl methyl sites for hydroxylation is 1. The normalized spacial score (nSPS) is 10.3. The highest BCUT2D eigenvalue weighted by Crippen LogP contribution is 2.11. The van der Waals surface area contributed by atoms with Crippen LogP contribution >= 0.6 is 0 Å². The number of rotatable bonds is 8. The van der Waals surface area contributed by atoms with Crippen LogP contribution in [-0.4, -0.2) is 44.4 Å². The molecule has 0 amide bonds. The fourth-order valence-corrected chi connectivity index (χ4v) is 1.32. The smallest absolute Gasteiger partial charge is 0.214 e. The maximum absolute atomic E-state index is 7.37. The molecule has 1 rings (SSSR count). The number of methoxy groups -OCH3 is 1. The van der Waals surface area contributed by atoms with Gasteiger partial charge in [0.05, 0.1) is 19.8 Å². The minimum Gasteiger partial charge on any atom is -0.475 e. The average Bonchev–Trinajstić information content (AvgIpc) is 2.33. The van der Waals surface area contributed by atoms with Crippen LogP contribution in [-0.2, 0) is 9.47 Å². The average molecular weight is 253 g/mol. The molecule has 1 aromatic rings. The topological polar surface area (TPSA) is 90.5 Å². The number of nitrogens with two attached hydrogens (primary N) is 1. The Morgan fingerprint density at radius 1 is 1.28 bits per heavy atom. The van der Waals surface area contributed by atoms with E-state index in [0.717, 1.165) is 5.69 Å². The van der Waals surface area contributed by atoms with Gasteiger partial charge in [-0.25, -0.2) is 4.98 Å². The molecule has 0 aliphatic heterocycles. The highest BCUT2D eigenvalue weighted by atomic mass is 16.5. The van der Waals surface area contributed by atoms with Crippen LogP contribution in [0.25, 0.3) is 0 Å². The van der Waals surface area contributed by atoms with Gasteiger partial charge >= 0.3 is 0 Å². The lowest BCUT2D eigenvalue weighted by Crippen LogP contribution is -2.14. The molecule has 100 valence electrons. The fourth-order valence-electron chi connectivity index (χ4n) is 1.32. The van der Waals surface area contributed by atoms with Gasteiger partial charge in [0.15, 0.2) is 0 Å². The minimum absolute atomic E-state index is 0.00157. The van der Waals surface area contributed by atoms with Crippen molar-refractivity contribution in [1.29, 1.82) is 5.41 Å². The van der Waals surface area contributed by atoms with Crippen LogP contribution in [0.5, 0.6) is 5.88 Å². The van der Waals surface area contributed by atoms with Crippen molar-refractivity contribution in [3.63, 3.8) is 0 Å². The monoisotopic (exact) mass is 253 g/mol. The van der Waals surface area contributed by atoms with Crippen molar-refractivity contribution in [1.82, 2.24) is 4.98 Å². The Balaban J connectivity index is 2.40. The lowest BCUT2D eigenvalue weighted by Gasteiger charge is -2.08. The number of nitrogens with one attached hydrogen (secondary N) is 1. The maximum Gasteiger partial charge on any atom is 0.214 e. The second-order valence-corrected chi connectivity index (χ2v) is 3.70. The van der Waals surface area contributed by atoms with Crippen molar-refractivity contribution < 1.29 is 14.2 Å². The zero-order valence-corrected chi connectivity index (χ0v) is 10.7. The third-order valence-electron chi connectivity index (χ3n) is 2.15. The molecule has 6 heteroatoms. The largest absolute Gasteiger partial charge is 0.475 e. The molecule has 1 aromatic heterocycles. The van der Waals surface area contributed by atoms with Gasteiger partial charge in [-0.3, -0.25) is 5.41 Å². The first-order chi connectivity index (χ1) is 8.63. The summed E-state index contributed by atoms with van der Waals surface area (Å²) in [5.41, 5.74) is 6.79. The Hall–Kier alpha value is -1.66. The first-order valence-electron chi connectivity index (χ1n) is 5.66. The third kappa shape index (κ3) is 5.11. The van der Waals surface area contributed by atoms with Crippen molar-refractivity contribution in [3.05, 3.63) is 23.4 Å². The molecule has 0 fully saturated rings. The molecule has 0 aromatic carbocycles. The van der Waals surface area contributed by atoms with Gasteiger partial charge in [-0.15, -0.1) is 0 Å². The zero-order chi connectivity index (χ0) is 13.4. The van der Waals surface area contributed by atoms with E-state index >= 15 is 0 Å². The molecule has 0 saturated carbocycles. The van der Waals surface area contributed by atoms with E-state index in [2.05, 4.69) is 4.98 Å². The summed E-state index contributed by atoms with van der Waals surface area (Å²) in [6.07, 6.45) is 0. The van der Waals surface area contributed by atoms with Crippen molar-refractivity contribution in [2.75, 3.05) is 33.5 Å². The molecule has 0 spiro atoms. The van der Waals surface area contributed by atoms with E-state index in [4.69, 9.17) is 25.4 Å². The van der Waals surface area contributed by atoms with Crippen LogP contribution in [0.15, 0.2) is 12.1 Å². The predicted octanol–water partition coefficient (Wildman–Crippen LogP) is 0.716. The van der Waals surface area contributed by atoms with Crippen LogP contribution in [0.1, 0.15) is 11.3 Å². The van der Waals surface area contributed by atoms with Crippen LogP contribution in [0.2, 0.25) is 0 Å². The molecule has 18 heavy (non-hydrogen) atoms. The minimum atomic E-state index is 0.00157. The van der Waals surface area contributed by atoms with Gasteiger partial charge in [0.25, 0.3) is 0 Å². The van der Waals surface area contributed by atoms with Crippen molar-refractivity contribution in [2.24, 2.45) is 5.73 Å². The Morgan fingerprint density at radius 3 is 2.67 bits per heavy atom. The number of nitrogen functional groups attached to an aromatic ring is 1. The summed E-state index contributed by atoms with van der Waals surface area (Å²) in [4.78, 5) is 4.20. The standard InChI is InChI=1S/C12H19N3O3/c1-9-7-10(12(13)14)8-11(15-9)18-6-5-17-4-3-16-2/h7-8H,3-6H2,1-2H3,(H3,13,14). The third-order valence-corrected chi connectivity index (χ3v) is 2.15. The molecule has 0 aliphatic rings. The van der Waals surface area contributed by atoms with Crippen LogP contribution in [0.4, 0.5) is 0 Å². The molecular formula is C12H19N3O3. The van der Waals surface area contributed by atoms with Crippen molar-refractivity contribution in [3.8, 4) is 5.88 Å². The molecule has 3 N–H and O–H groups in total. The number of aromatic nitrogens is 1. The number of ether oxygens (including phenoxy) is 3. The molecule has 0 aliphatic carbocycles. The second kappa shape index (κ2) is 7.62. The number of hydrogen-bond donors (Lipinski definition) is 2. The Morgan fingerprint density at radius 2 is 2.00 bits per heavy atom. The van der Waals surface area contributed by atoms with Crippen molar-refractivity contribution in [2.45, 2.75) is 6.92 Å². The lowest BCUT2D eigenvalue weighted by atomic mass is 10.2. The number of pyridine rings is 1. The predicted molar refractivity (Wildman–Crippen MR) is 68.2 cm³/mol. The molecule has 1 heterocycles. The molecular weight excluding hydrogens is 234 g/mol. The molecule has 0 radical (unpaired) electrons.